The van der Waals surface area contributed by atoms with Gasteiger partial charge in [0.2, 0.25) is 11.2 Å². The molecule has 0 radical (unpaired) electrons. The van der Waals surface area contributed by atoms with Gasteiger partial charge in [-0.2, -0.15) is 0 Å². The van der Waals surface area contributed by atoms with E-state index in [1.807, 2.05) is 42.5 Å². The number of benzene rings is 2. The van der Waals surface area contributed by atoms with Gasteiger partial charge in [0.25, 0.3) is 0 Å². The van der Waals surface area contributed by atoms with E-state index in [2.05, 4.69) is 10.1 Å². The maximum absolute atomic E-state index is 9.94. The minimum atomic E-state index is -0.151. The lowest BCUT2D eigenvalue weighted by atomic mass is 10.0. The lowest BCUT2D eigenvalue weighted by Gasteiger charge is -2.02. The molecule has 5 heteroatoms. The van der Waals surface area contributed by atoms with Crippen molar-refractivity contribution in [2.24, 2.45) is 0 Å². The van der Waals surface area contributed by atoms with E-state index in [4.69, 9.17) is 9.92 Å². The van der Waals surface area contributed by atoms with E-state index in [-0.39, 0.29) is 5.76 Å². The highest BCUT2D eigenvalue weighted by Gasteiger charge is 2.15. The summed E-state index contributed by atoms with van der Waals surface area (Å²) >= 11 is 0. The Kier molecular flexibility index (Phi) is 3.67. The predicted molar refractivity (Wildman–Crippen MR) is 83.1 cm³/mol. The smallest absolute Gasteiger partial charge is 0.392 e. The van der Waals surface area contributed by atoms with Crippen LogP contribution in [0, 0.1) is 5.39 Å². The van der Waals surface area contributed by atoms with Gasteiger partial charge in [-0.3, -0.25) is 0 Å². The van der Waals surface area contributed by atoms with E-state index in [0.29, 0.717) is 22.6 Å². The van der Waals surface area contributed by atoms with Gasteiger partial charge in [-0.15, -0.1) is 0 Å². The van der Waals surface area contributed by atoms with Crippen molar-refractivity contribution in [3.63, 3.8) is 0 Å². The van der Waals surface area contributed by atoms with Gasteiger partial charge in [-0.05, 0) is 0 Å². The van der Waals surface area contributed by atoms with Crippen molar-refractivity contribution in [1.29, 1.82) is 5.39 Å². The minimum Gasteiger partial charge on any atom is -0.501 e. The molecule has 1 N–H and O–H groups in total. The van der Waals surface area contributed by atoms with Crippen molar-refractivity contribution < 1.29 is 9.63 Å². The van der Waals surface area contributed by atoms with Crippen molar-refractivity contribution >= 4 is 5.76 Å². The second-order valence-corrected chi connectivity index (χ2v) is 4.62. The summed E-state index contributed by atoms with van der Waals surface area (Å²) < 4.78 is 5.38. The van der Waals surface area contributed by atoms with Crippen LogP contribution in [0.3, 0.4) is 0 Å². The SMILES string of the molecule is N#[N+]/C=C(\O)c1ccccc1-c1cc(-c2ccccc2)on1. The molecule has 2 aromatic carbocycles. The molecule has 0 spiro atoms. The maximum Gasteiger partial charge on any atom is 0.392 e. The molecule has 22 heavy (non-hydrogen) atoms. The average molecular weight is 290 g/mol. The van der Waals surface area contributed by atoms with Crippen molar-refractivity contribution in [1.82, 2.24) is 5.16 Å². The Balaban J connectivity index is 2.05. The number of diazo groups is 1. The van der Waals surface area contributed by atoms with Crippen molar-refractivity contribution in [2.45, 2.75) is 0 Å². The largest absolute Gasteiger partial charge is 0.501 e. The Hall–Kier alpha value is -3.39. The van der Waals surface area contributed by atoms with E-state index >= 15 is 0 Å². The molecule has 0 unspecified atom stereocenters. The van der Waals surface area contributed by atoms with Crippen LogP contribution in [0.25, 0.3) is 33.3 Å². The first-order valence-electron chi connectivity index (χ1n) is 6.65. The summed E-state index contributed by atoms with van der Waals surface area (Å²) in [5.41, 5.74) is 2.70. The van der Waals surface area contributed by atoms with Crippen LogP contribution in [0.1, 0.15) is 5.56 Å². The number of aliphatic hydroxyl groups is 1. The van der Waals surface area contributed by atoms with E-state index in [0.717, 1.165) is 11.8 Å². The summed E-state index contributed by atoms with van der Waals surface area (Å²) in [5.74, 6) is 0.489. The number of nitrogens with zero attached hydrogens (tertiary/aromatic N) is 3. The highest BCUT2D eigenvalue weighted by molar-refractivity contribution is 5.78. The Bertz CT molecular complexity index is 861. The molecule has 3 rings (SSSR count). The first-order chi connectivity index (χ1) is 10.8. The highest BCUT2D eigenvalue weighted by atomic mass is 16.5. The number of rotatable bonds is 3. The number of aliphatic hydroxyl groups excluding tert-OH is 1. The average Bonchev–Trinajstić information content (AvgIpc) is 3.06. The van der Waals surface area contributed by atoms with Gasteiger partial charge in [0.15, 0.2) is 10.7 Å². The number of hydrogen-bond acceptors (Lipinski definition) is 4. The fourth-order valence-corrected chi connectivity index (χ4v) is 2.19. The molecule has 1 aromatic heterocycles. The van der Waals surface area contributed by atoms with Crippen molar-refractivity contribution in [3.8, 4) is 22.6 Å². The molecule has 0 aliphatic rings. The summed E-state index contributed by atoms with van der Waals surface area (Å²) in [7, 11) is 0. The lowest BCUT2D eigenvalue weighted by Crippen LogP contribution is -1.88. The van der Waals surface area contributed by atoms with Gasteiger partial charge in [0.05, 0.1) is 0 Å². The summed E-state index contributed by atoms with van der Waals surface area (Å²) in [6.45, 7) is 0. The third-order valence-electron chi connectivity index (χ3n) is 3.23. The van der Waals surface area contributed by atoms with Crippen molar-refractivity contribution in [2.75, 3.05) is 0 Å². The van der Waals surface area contributed by atoms with Gasteiger partial charge in [-0.25, -0.2) is 0 Å². The van der Waals surface area contributed by atoms with Crippen molar-refractivity contribution in [3.05, 3.63) is 77.4 Å². The van der Waals surface area contributed by atoms with Crippen LogP contribution in [0.2, 0.25) is 0 Å². The molecule has 0 saturated carbocycles. The zero-order valence-corrected chi connectivity index (χ0v) is 11.5. The monoisotopic (exact) mass is 290 g/mol. The van der Waals surface area contributed by atoms with Gasteiger partial charge < -0.3 is 9.63 Å². The van der Waals surface area contributed by atoms with E-state index in [9.17, 15) is 5.11 Å². The van der Waals surface area contributed by atoms with Crippen LogP contribution in [0.4, 0.5) is 0 Å². The third kappa shape index (κ3) is 2.58. The minimum absolute atomic E-state index is 0.151. The van der Waals surface area contributed by atoms with Crippen LogP contribution >= 0.6 is 0 Å². The third-order valence-corrected chi connectivity index (χ3v) is 3.23. The molecule has 0 fully saturated rings. The molecule has 0 aliphatic heterocycles. The summed E-state index contributed by atoms with van der Waals surface area (Å²) in [5, 5.41) is 22.6. The Labute approximate surface area is 126 Å². The summed E-state index contributed by atoms with van der Waals surface area (Å²) in [4.78, 5) is 2.84. The Morgan fingerprint density at radius 2 is 1.82 bits per heavy atom. The molecule has 3 aromatic rings. The molecule has 1 heterocycles. The van der Waals surface area contributed by atoms with E-state index in [1.165, 1.54) is 0 Å². The first kappa shape index (κ1) is 13.6. The fraction of sp³-hybridized carbons (Fsp3) is 0. The van der Waals surface area contributed by atoms with Gasteiger partial charge in [-0.1, -0.05) is 59.8 Å². The molecule has 0 bridgehead atoms. The predicted octanol–water partition coefficient (Wildman–Crippen LogP) is 4.72. The Morgan fingerprint density at radius 1 is 1.09 bits per heavy atom. The van der Waals surface area contributed by atoms with E-state index < -0.39 is 0 Å². The summed E-state index contributed by atoms with van der Waals surface area (Å²) in [6.07, 6.45) is 0.969. The zero-order valence-electron chi connectivity index (χ0n) is 11.5. The fourth-order valence-electron chi connectivity index (χ4n) is 2.19. The molecular formula is C17H12N3O2+. The van der Waals surface area contributed by atoms with Gasteiger partial charge >= 0.3 is 6.20 Å². The molecule has 0 amide bonds. The van der Waals surface area contributed by atoms with Crippen LogP contribution in [-0.2, 0) is 0 Å². The Morgan fingerprint density at radius 3 is 2.59 bits per heavy atom. The van der Waals surface area contributed by atoms with Crippen LogP contribution in [0.15, 0.2) is 71.4 Å². The number of hydrogen-bond donors (Lipinski definition) is 1. The lowest BCUT2D eigenvalue weighted by molar-refractivity contribution is 0.435. The molecule has 0 aliphatic carbocycles. The summed E-state index contributed by atoms with van der Waals surface area (Å²) in [6, 6.07) is 18.6. The molecule has 106 valence electrons. The second-order valence-electron chi connectivity index (χ2n) is 4.62. The topological polar surface area (TPSA) is 74.4 Å². The molecule has 5 nitrogen and oxygen atoms in total. The molecule has 0 atom stereocenters. The van der Waals surface area contributed by atoms with Crippen LogP contribution in [0.5, 0.6) is 0 Å². The van der Waals surface area contributed by atoms with Crippen LogP contribution < -0.4 is 0 Å². The van der Waals surface area contributed by atoms with Gasteiger partial charge in [0, 0.05) is 22.8 Å². The molecule has 0 saturated heterocycles. The zero-order chi connectivity index (χ0) is 15.4. The normalized spacial score (nSPS) is 11.1. The quantitative estimate of drug-likeness (QED) is 0.559. The number of aromatic nitrogens is 1. The van der Waals surface area contributed by atoms with Gasteiger partial charge in [0.1, 0.15) is 5.69 Å². The van der Waals surface area contributed by atoms with Crippen LogP contribution in [-0.4, -0.2) is 10.3 Å². The van der Waals surface area contributed by atoms with E-state index in [1.54, 1.807) is 18.2 Å². The molecular weight excluding hydrogens is 278 g/mol. The maximum atomic E-state index is 9.94. The second kappa shape index (κ2) is 5.94. The first-order valence-corrected chi connectivity index (χ1v) is 6.65. The standard InChI is InChI=1S/C17H11N3O2/c18-19-11-16(21)14-9-5-4-8-13(14)15-10-17(22-20-15)12-6-2-1-3-7-12/h1-11H/p+1/b16-11-. The highest BCUT2D eigenvalue weighted by Crippen LogP contribution is 2.30.